The first-order valence-corrected chi connectivity index (χ1v) is 10.6. The number of nitrogens with one attached hydrogen (secondary N) is 1. The molecule has 0 radical (unpaired) electrons. The molecule has 28 heavy (non-hydrogen) atoms. The van der Waals surface area contributed by atoms with Gasteiger partial charge in [0.2, 0.25) is 15.9 Å². The molecule has 2 aromatic rings. The second-order valence-corrected chi connectivity index (χ2v) is 8.90. The third-order valence-electron chi connectivity index (χ3n) is 5.14. The van der Waals surface area contributed by atoms with Crippen LogP contribution in [0.1, 0.15) is 21.5 Å². The van der Waals surface area contributed by atoms with Gasteiger partial charge in [-0.25, -0.2) is 8.42 Å². The Kier molecular flexibility index (Phi) is 4.91. The second kappa shape index (κ2) is 7.37. The van der Waals surface area contributed by atoms with Crippen LogP contribution in [0.15, 0.2) is 53.4 Å². The molecular formula is C20H21N3O4S. The van der Waals surface area contributed by atoms with E-state index < -0.39 is 10.0 Å². The molecule has 2 aromatic carbocycles. The largest absolute Gasteiger partial charge is 0.354 e. The Hall–Kier alpha value is -2.71. The van der Waals surface area contributed by atoms with Gasteiger partial charge < -0.3 is 10.2 Å². The molecule has 0 aromatic heterocycles. The van der Waals surface area contributed by atoms with Crippen LogP contribution >= 0.6 is 0 Å². The van der Waals surface area contributed by atoms with Gasteiger partial charge in [-0.05, 0) is 35.7 Å². The molecule has 2 heterocycles. The van der Waals surface area contributed by atoms with Crippen molar-refractivity contribution in [1.82, 2.24) is 14.5 Å². The predicted molar refractivity (Wildman–Crippen MR) is 103 cm³/mol. The van der Waals surface area contributed by atoms with Crippen LogP contribution in [0.4, 0.5) is 0 Å². The molecule has 1 N–H and O–H groups in total. The number of piperazine rings is 1. The fourth-order valence-corrected chi connectivity index (χ4v) is 5.05. The van der Waals surface area contributed by atoms with E-state index in [2.05, 4.69) is 11.4 Å². The summed E-state index contributed by atoms with van der Waals surface area (Å²) in [6.45, 7) is 1.40. The van der Waals surface area contributed by atoms with Crippen LogP contribution in [-0.4, -0.2) is 55.6 Å². The summed E-state index contributed by atoms with van der Waals surface area (Å²) in [5.74, 6) is -0.517. The van der Waals surface area contributed by atoms with Gasteiger partial charge in [0.1, 0.15) is 0 Å². The van der Waals surface area contributed by atoms with E-state index in [-0.39, 0.29) is 36.3 Å². The van der Waals surface area contributed by atoms with E-state index in [9.17, 15) is 18.0 Å². The van der Waals surface area contributed by atoms with Crippen LogP contribution in [-0.2, 0) is 27.8 Å². The molecule has 0 bridgehead atoms. The summed E-state index contributed by atoms with van der Waals surface area (Å²) >= 11 is 0. The average molecular weight is 399 g/mol. The molecule has 146 valence electrons. The van der Waals surface area contributed by atoms with E-state index in [0.717, 1.165) is 16.3 Å². The molecule has 1 saturated heterocycles. The summed E-state index contributed by atoms with van der Waals surface area (Å²) in [5, 5.41) is 2.61. The summed E-state index contributed by atoms with van der Waals surface area (Å²) in [5.41, 5.74) is 2.69. The van der Waals surface area contributed by atoms with E-state index in [4.69, 9.17) is 0 Å². The fourth-order valence-electron chi connectivity index (χ4n) is 3.61. The molecule has 7 nitrogen and oxygen atoms in total. The first kappa shape index (κ1) is 18.6. The molecule has 0 aliphatic carbocycles. The van der Waals surface area contributed by atoms with Crippen LogP contribution in [0.3, 0.4) is 0 Å². The quantitative estimate of drug-likeness (QED) is 0.834. The molecule has 2 amide bonds. The molecule has 0 atom stereocenters. The van der Waals surface area contributed by atoms with Gasteiger partial charge in [-0.1, -0.05) is 30.3 Å². The van der Waals surface area contributed by atoms with Crippen LogP contribution in [0.2, 0.25) is 0 Å². The number of nitrogens with zero attached hydrogens (tertiary/aromatic N) is 2. The monoisotopic (exact) mass is 399 g/mol. The normalized spacial score (nSPS) is 17.7. The Morgan fingerprint density at radius 3 is 2.54 bits per heavy atom. The number of sulfonamides is 1. The molecule has 0 unspecified atom stereocenters. The van der Waals surface area contributed by atoms with Crippen molar-refractivity contribution in [3.8, 4) is 0 Å². The second-order valence-electron chi connectivity index (χ2n) is 6.96. The number of fused-ring (bicyclic) bond motifs is 1. The predicted octanol–water partition coefficient (Wildman–Crippen LogP) is 1.01. The molecule has 2 aliphatic rings. The maximum atomic E-state index is 13.0. The van der Waals surface area contributed by atoms with Crippen molar-refractivity contribution in [3.05, 3.63) is 65.2 Å². The summed E-state index contributed by atoms with van der Waals surface area (Å²) in [6.07, 6.45) is 0.781. The zero-order valence-corrected chi connectivity index (χ0v) is 16.1. The van der Waals surface area contributed by atoms with Gasteiger partial charge in [0, 0.05) is 31.7 Å². The average Bonchev–Trinajstić information content (AvgIpc) is 2.73. The number of benzene rings is 2. The van der Waals surface area contributed by atoms with Crippen molar-refractivity contribution >= 4 is 21.8 Å². The van der Waals surface area contributed by atoms with Gasteiger partial charge in [-0.3, -0.25) is 9.59 Å². The zero-order valence-electron chi connectivity index (χ0n) is 15.3. The van der Waals surface area contributed by atoms with E-state index >= 15 is 0 Å². The summed E-state index contributed by atoms with van der Waals surface area (Å²) in [6, 6.07) is 14.1. The van der Waals surface area contributed by atoms with Crippen molar-refractivity contribution in [2.75, 3.05) is 26.2 Å². The molecule has 8 heteroatoms. The van der Waals surface area contributed by atoms with E-state index in [0.29, 0.717) is 18.7 Å². The first-order chi connectivity index (χ1) is 13.4. The number of hydrogen-bond acceptors (Lipinski definition) is 4. The Balaban J connectivity index is 1.57. The molecule has 1 fully saturated rings. The third-order valence-corrected chi connectivity index (χ3v) is 6.98. The lowest BCUT2D eigenvalue weighted by atomic mass is 9.99. The van der Waals surface area contributed by atoms with Gasteiger partial charge >= 0.3 is 0 Å². The SMILES string of the molecule is O=C1CN(S(=O)(=O)c2cccc(C(=O)N3CCc4ccccc4C3)c2)CCN1. The van der Waals surface area contributed by atoms with Crippen molar-refractivity contribution < 1.29 is 18.0 Å². The minimum absolute atomic E-state index is 0.0328. The van der Waals surface area contributed by atoms with Gasteiger partial charge in [-0.2, -0.15) is 4.31 Å². The highest BCUT2D eigenvalue weighted by Gasteiger charge is 2.30. The number of amides is 2. The van der Waals surface area contributed by atoms with Gasteiger partial charge in [0.05, 0.1) is 11.4 Å². The fraction of sp³-hybridized carbons (Fsp3) is 0.300. The Morgan fingerprint density at radius 1 is 0.964 bits per heavy atom. The lowest BCUT2D eigenvalue weighted by Gasteiger charge is -2.29. The van der Waals surface area contributed by atoms with Gasteiger partial charge in [0.15, 0.2) is 0 Å². The third kappa shape index (κ3) is 3.53. The number of rotatable bonds is 3. The van der Waals surface area contributed by atoms with Crippen molar-refractivity contribution in [1.29, 1.82) is 0 Å². The van der Waals surface area contributed by atoms with Crippen LogP contribution in [0, 0.1) is 0 Å². The lowest BCUT2D eigenvalue weighted by Crippen LogP contribution is -2.49. The number of carbonyl (C=O) groups is 2. The van der Waals surface area contributed by atoms with E-state index in [1.165, 1.54) is 17.7 Å². The summed E-state index contributed by atoms with van der Waals surface area (Å²) in [4.78, 5) is 26.3. The van der Waals surface area contributed by atoms with E-state index in [1.807, 2.05) is 18.2 Å². The smallest absolute Gasteiger partial charge is 0.254 e. The molecule has 0 saturated carbocycles. The maximum absolute atomic E-state index is 13.0. The van der Waals surface area contributed by atoms with Crippen molar-refractivity contribution in [2.24, 2.45) is 0 Å². The van der Waals surface area contributed by atoms with Gasteiger partial charge in [-0.15, -0.1) is 0 Å². The Morgan fingerprint density at radius 2 is 1.75 bits per heavy atom. The highest BCUT2D eigenvalue weighted by atomic mass is 32.2. The molecular weight excluding hydrogens is 378 g/mol. The zero-order chi connectivity index (χ0) is 19.7. The first-order valence-electron chi connectivity index (χ1n) is 9.18. The highest BCUT2D eigenvalue weighted by Crippen LogP contribution is 2.22. The maximum Gasteiger partial charge on any atom is 0.254 e. The van der Waals surface area contributed by atoms with Crippen LogP contribution in [0.5, 0.6) is 0 Å². The highest BCUT2D eigenvalue weighted by molar-refractivity contribution is 7.89. The number of carbonyl (C=O) groups excluding carboxylic acids is 2. The Labute approximate surface area is 164 Å². The number of hydrogen-bond donors (Lipinski definition) is 1. The van der Waals surface area contributed by atoms with Crippen LogP contribution < -0.4 is 5.32 Å². The minimum Gasteiger partial charge on any atom is -0.354 e. The summed E-state index contributed by atoms with van der Waals surface area (Å²) in [7, 11) is -3.83. The lowest BCUT2D eigenvalue weighted by molar-refractivity contribution is -0.122. The van der Waals surface area contributed by atoms with E-state index in [1.54, 1.807) is 17.0 Å². The minimum atomic E-state index is -3.83. The molecule has 4 rings (SSSR count). The van der Waals surface area contributed by atoms with Gasteiger partial charge in [0.25, 0.3) is 5.91 Å². The molecule has 0 spiro atoms. The van der Waals surface area contributed by atoms with Crippen molar-refractivity contribution in [3.63, 3.8) is 0 Å². The molecule has 2 aliphatic heterocycles. The Bertz CT molecular complexity index is 1040. The van der Waals surface area contributed by atoms with Crippen LogP contribution in [0.25, 0.3) is 0 Å². The summed E-state index contributed by atoms with van der Waals surface area (Å²) < 4.78 is 26.9. The van der Waals surface area contributed by atoms with Crippen molar-refractivity contribution in [2.45, 2.75) is 17.9 Å². The topological polar surface area (TPSA) is 86.8 Å². The standard InChI is InChI=1S/C20H21N3O4S/c24-19-14-23(11-9-21-19)28(26,27)18-7-3-6-16(12-18)20(25)22-10-8-15-4-1-2-5-17(15)13-22/h1-7,12H,8-11,13-14H2,(H,21,24).